The molecule has 1 aromatic carbocycles. The second-order valence-corrected chi connectivity index (χ2v) is 5.28. The van der Waals surface area contributed by atoms with Crippen molar-refractivity contribution in [1.29, 1.82) is 0 Å². The minimum Gasteiger partial charge on any atom is -0.385 e. The van der Waals surface area contributed by atoms with Crippen LogP contribution in [0.3, 0.4) is 0 Å². The number of aryl methyl sites for hydroxylation is 1. The molecule has 0 bridgehead atoms. The van der Waals surface area contributed by atoms with Gasteiger partial charge in [0.25, 0.3) is 0 Å². The Balaban J connectivity index is 2.88. The third kappa shape index (κ3) is 4.07. The van der Waals surface area contributed by atoms with E-state index in [0.717, 1.165) is 17.5 Å². The Morgan fingerprint density at radius 3 is 2.76 bits per heavy atom. The Morgan fingerprint density at radius 1 is 1.47 bits per heavy atom. The molecule has 96 valence electrons. The minimum absolute atomic E-state index is 0.138. The third-order valence-corrected chi connectivity index (χ3v) is 3.73. The van der Waals surface area contributed by atoms with Crippen molar-refractivity contribution in [3.63, 3.8) is 0 Å². The monoisotopic (exact) mass is 300 g/mol. The van der Waals surface area contributed by atoms with E-state index in [9.17, 15) is 0 Å². The van der Waals surface area contributed by atoms with E-state index >= 15 is 0 Å². The number of hydrogen-bond acceptors (Lipinski definition) is 3. The molecule has 3 N–H and O–H groups in total. The summed E-state index contributed by atoms with van der Waals surface area (Å²) in [4.78, 5) is 0. The van der Waals surface area contributed by atoms with Crippen molar-refractivity contribution in [3.05, 3.63) is 33.8 Å². The summed E-state index contributed by atoms with van der Waals surface area (Å²) in [5.74, 6) is 6.10. The largest absolute Gasteiger partial charge is 0.385 e. The fourth-order valence-electron chi connectivity index (χ4n) is 1.93. The number of hydrazine groups is 1. The smallest absolute Gasteiger partial charge is 0.0497 e. The van der Waals surface area contributed by atoms with E-state index in [0.29, 0.717) is 5.92 Å². The molecule has 0 saturated heterocycles. The zero-order valence-electron chi connectivity index (χ0n) is 10.7. The third-order valence-electron chi connectivity index (χ3n) is 3.01. The summed E-state index contributed by atoms with van der Waals surface area (Å²) < 4.78 is 6.21. The first kappa shape index (κ1) is 14.6. The molecular weight excluding hydrogens is 280 g/mol. The van der Waals surface area contributed by atoms with Crippen molar-refractivity contribution in [2.24, 2.45) is 11.8 Å². The number of nitrogens with one attached hydrogen (secondary N) is 1. The maximum absolute atomic E-state index is 5.68. The Labute approximate surface area is 112 Å². The Morgan fingerprint density at radius 2 is 2.18 bits per heavy atom. The van der Waals surface area contributed by atoms with Crippen LogP contribution in [0.15, 0.2) is 22.7 Å². The maximum atomic E-state index is 5.68. The summed E-state index contributed by atoms with van der Waals surface area (Å²) in [6, 6.07) is 6.45. The van der Waals surface area contributed by atoms with Crippen LogP contribution in [0.5, 0.6) is 0 Å². The molecule has 2 unspecified atom stereocenters. The highest BCUT2D eigenvalue weighted by Crippen LogP contribution is 2.30. The van der Waals surface area contributed by atoms with Gasteiger partial charge in [0.1, 0.15) is 0 Å². The molecule has 0 aliphatic heterocycles. The maximum Gasteiger partial charge on any atom is 0.0497 e. The quantitative estimate of drug-likeness (QED) is 0.627. The van der Waals surface area contributed by atoms with Crippen LogP contribution in [-0.2, 0) is 4.74 Å². The second-order valence-electron chi connectivity index (χ2n) is 4.43. The van der Waals surface area contributed by atoms with E-state index < -0.39 is 0 Å². The van der Waals surface area contributed by atoms with Crippen molar-refractivity contribution in [3.8, 4) is 0 Å². The number of ether oxygens (including phenoxy) is 1. The zero-order chi connectivity index (χ0) is 12.8. The molecule has 0 fully saturated rings. The topological polar surface area (TPSA) is 47.3 Å². The molecule has 17 heavy (non-hydrogen) atoms. The Bertz CT molecular complexity index is 357. The molecule has 4 heteroatoms. The van der Waals surface area contributed by atoms with Gasteiger partial charge in [0.15, 0.2) is 0 Å². The SMILES string of the molecule is COCCC(C)C(NN)c1cc(C)ccc1Br. The van der Waals surface area contributed by atoms with Crippen molar-refractivity contribution in [1.82, 2.24) is 5.43 Å². The zero-order valence-corrected chi connectivity index (χ0v) is 12.3. The van der Waals surface area contributed by atoms with Crippen LogP contribution in [0.25, 0.3) is 0 Å². The second kappa shape index (κ2) is 7.11. The fraction of sp³-hybridized carbons (Fsp3) is 0.538. The van der Waals surface area contributed by atoms with Crippen LogP contribution in [-0.4, -0.2) is 13.7 Å². The first-order chi connectivity index (χ1) is 8.10. The van der Waals surface area contributed by atoms with Gasteiger partial charge in [-0.3, -0.25) is 11.3 Å². The van der Waals surface area contributed by atoms with Gasteiger partial charge < -0.3 is 4.74 Å². The van der Waals surface area contributed by atoms with E-state index in [-0.39, 0.29) is 6.04 Å². The van der Waals surface area contributed by atoms with Crippen molar-refractivity contribution in [2.45, 2.75) is 26.3 Å². The molecule has 0 aliphatic rings. The van der Waals surface area contributed by atoms with Gasteiger partial charge in [-0.05, 0) is 30.9 Å². The molecule has 0 heterocycles. The van der Waals surface area contributed by atoms with Crippen LogP contribution in [0.1, 0.15) is 30.5 Å². The number of halogens is 1. The highest BCUT2D eigenvalue weighted by atomic mass is 79.9. The van der Waals surface area contributed by atoms with Crippen molar-refractivity contribution < 1.29 is 4.74 Å². The standard InChI is InChI=1S/C13H21BrN2O/c1-9-4-5-12(14)11(8-9)13(16-15)10(2)6-7-17-3/h4-5,8,10,13,16H,6-7,15H2,1-3H3. The number of benzene rings is 1. The van der Waals surface area contributed by atoms with Crippen LogP contribution in [0.4, 0.5) is 0 Å². The summed E-state index contributed by atoms with van der Waals surface area (Å²) in [5.41, 5.74) is 5.35. The summed E-state index contributed by atoms with van der Waals surface area (Å²) in [6.45, 7) is 5.02. The van der Waals surface area contributed by atoms with E-state index in [1.807, 2.05) is 0 Å². The lowest BCUT2D eigenvalue weighted by molar-refractivity contribution is 0.170. The molecule has 0 spiro atoms. The normalized spacial score (nSPS) is 14.6. The summed E-state index contributed by atoms with van der Waals surface area (Å²) in [7, 11) is 1.72. The van der Waals surface area contributed by atoms with E-state index in [1.54, 1.807) is 7.11 Å². The molecule has 0 saturated carbocycles. The molecule has 1 aromatic rings. The van der Waals surface area contributed by atoms with Crippen LogP contribution in [0.2, 0.25) is 0 Å². The van der Waals surface area contributed by atoms with Gasteiger partial charge >= 0.3 is 0 Å². The summed E-state index contributed by atoms with van der Waals surface area (Å²) in [5, 5.41) is 0. The summed E-state index contributed by atoms with van der Waals surface area (Å²) in [6.07, 6.45) is 0.978. The number of hydrogen-bond donors (Lipinski definition) is 2. The highest BCUT2D eigenvalue weighted by Gasteiger charge is 2.20. The van der Waals surface area contributed by atoms with Gasteiger partial charge in [0.05, 0.1) is 0 Å². The predicted octanol–water partition coefficient (Wildman–Crippen LogP) is 2.93. The molecular formula is C13H21BrN2O. The molecule has 3 nitrogen and oxygen atoms in total. The average Bonchev–Trinajstić information content (AvgIpc) is 2.32. The highest BCUT2D eigenvalue weighted by molar-refractivity contribution is 9.10. The van der Waals surface area contributed by atoms with E-state index in [2.05, 4.69) is 53.4 Å². The van der Waals surface area contributed by atoms with Crippen LogP contribution < -0.4 is 11.3 Å². The average molecular weight is 301 g/mol. The van der Waals surface area contributed by atoms with Gasteiger partial charge in [-0.25, -0.2) is 0 Å². The van der Waals surface area contributed by atoms with E-state index in [4.69, 9.17) is 10.6 Å². The Kier molecular flexibility index (Phi) is 6.12. The van der Waals surface area contributed by atoms with Crippen molar-refractivity contribution in [2.75, 3.05) is 13.7 Å². The van der Waals surface area contributed by atoms with E-state index in [1.165, 1.54) is 11.1 Å². The minimum atomic E-state index is 0.138. The fourth-order valence-corrected chi connectivity index (χ4v) is 2.43. The van der Waals surface area contributed by atoms with Crippen molar-refractivity contribution >= 4 is 15.9 Å². The molecule has 0 aromatic heterocycles. The van der Waals surface area contributed by atoms with Gasteiger partial charge in [0, 0.05) is 24.2 Å². The lowest BCUT2D eigenvalue weighted by atomic mass is 9.92. The van der Waals surface area contributed by atoms with Crippen LogP contribution >= 0.6 is 15.9 Å². The predicted molar refractivity (Wildman–Crippen MR) is 74.6 cm³/mol. The van der Waals surface area contributed by atoms with Crippen LogP contribution in [0, 0.1) is 12.8 Å². The first-order valence-corrected chi connectivity index (χ1v) is 6.60. The molecule has 0 radical (unpaired) electrons. The number of methoxy groups -OCH3 is 1. The van der Waals surface area contributed by atoms with Gasteiger partial charge in [-0.2, -0.15) is 0 Å². The molecule has 1 rings (SSSR count). The number of nitrogens with two attached hydrogens (primary N) is 1. The number of rotatable bonds is 6. The lowest BCUT2D eigenvalue weighted by Gasteiger charge is -2.25. The molecule has 2 atom stereocenters. The molecule has 0 aliphatic carbocycles. The lowest BCUT2D eigenvalue weighted by Crippen LogP contribution is -2.33. The van der Waals surface area contributed by atoms with Gasteiger partial charge in [0.2, 0.25) is 0 Å². The first-order valence-electron chi connectivity index (χ1n) is 5.81. The summed E-state index contributed by atoms with van der Waals surface area (Å²) >= 11 is 3.58. The Hall–Kier alpha value is -0.420. The molecule has 0 amide bonds. The van der Waals surface area contributed by atoms with Gasteiger partial charge in [-0.1, -0.05) is 40.5 Å². The van der Waals surface area contributed by atoms with Gasteiger partial charge in [-0.15, -0.1) is 0 Å².